The molecule has 8 nitrogen and oxygen atoms in total. The van der Waals surface area contributed by atoms with Crippen LogP contribution in [0.15, 0.2) is 46.3 Å². The first-order valence-electron chi connectivity index (χ1n) is 9.49. The van der Waals surface area contributed by atoms with Gasteiger partial charge in [0.05, 0.1) is 22.4 Å². The van der Waals surface area contributed by atoms with Crippen LogP contribution in [0.4, 0.5) is 5.82 Å². The molecule has 0 saturated heterocycles. The van der Waals surface area contributed by atoms with E-state index in [-0.39, 0.29) is 5.91 Å². The zero-order chi connectivity index (χ0) is 21.3. The second kappa shape index (κ2) is 8.61. The van der Waals surface area contributed by atoms with Crippen molar-refractivity contribution in [3.63, 3.8) is 0 Å². The average Bonchev–Trinajstić information content (AvgIpc) is 3.43. The highest BCUT2D eigenvalue weighted by molar-refractivity contribution is 9.10. The van der Waals surface area contributed by atoms with Crippen LogP contribution >= 0.6 is 27.5 Å². The van der Waals surface area contributed by atoms with Crippen LogP contribution in [0.3, 0.4) is 0 Å². The molecule has 0 radical (unpaired) electrons. The highest BCUT2D eigenvalue weighted by atomic mass is 79.9. The standard InChI is InChI=1S/C20H20BrClN6O2/c1-3-27-10-14(12(2)24-27)17-8-18(30-26-17)20(29)23-19-15(21)11-28(25-19)9-13-6-4-5-7-16(13)22/h4-7,10-11,18H,3,8-9H2,1-2H3,(H,23,25,29). The highest BCUT2D eigenvalue weighted by Gasteiger charge is 2.31. The third-order valence-electron chi connectivity index (χ3n) is 4.79. The molecule has 1 aliphatic heterocycles. The van der Waals surface area contributed by atoms with Gasteiger partial charge in [-0.3, -0.25) is 14.2 Å². The number of carbonyl (C=O) groups is 1. The lowest BCUT2D eigenvalue weighted by atomic mass is 10.1. The Balaban J connectivity index is 1.41. The second-order valence-electron chi connectivity index (χ2n) is 6.92. The summed E-state index contributed by atoms with van der Waals surface area (Å²) in [5.41, 5.74) is 3.42. The Bertz CT molecular complexity index is 1120. The number of anilines is 1. The number of aryl methyl sites for hydroxylation is 2. The van der Waals surface area contributed by atoms with E-state index in [2.05, 4.69) is 36.6 Å². The first-order chi connectivity index (χ1) is 14.4. The number of hydrogen-bond donors (Lipinski definition) is 1. The van der Waals surface area contributed by atoms with Gasteiger partial charge in [-0.05, 0) is 41.4 Å². The van der Waals surface area contributed by atoms with Crippen LogP contribution in [0, 0.1) is 6.92 Å². The minimum absolute atomic E-state index is 0.307. The predicted molar refractivity (Wildman–Crippen MR) is 118 cm³/mol. The molecule has 0 saturated carbocycles. The topological polar surface area (TPSA) is 86.3 Å². The minimum Gasteiger partial charge on any atom is -0.382 e. The van der Waals surface area contributed by atoms with Gasteiger partial charge in [0.15, 0.2) is 5.82 Å². The number of hydrogen-bond acceptors (Lipinski definition) is 5. The van der Waals surface area contributed by atoms with Gasteiger partial charge in [0.2, 0.25) is 6.10 Å². The summed E-state index contributed by atoms with van der Waals surface area (Å²) in [6.45, 7) is 5.19. The van der Waals surface area contributed by atoms with Gasteiger partial charge in [-0.1, -0.05) is 35.0 Å². The van der Waals surface area contributed by atoms with Crippen molar-refractivity contribution in [3.05, 3.63) is 63.0 Å². The maximum Gasteiger partial charge on any atom is 0.269 e. The molecule has 10 heteroatoms. The van der Waals surface area contributed by atoms with E-state index in [0.29, 0.717) is 28.3 Å². The summed E-state index contributed by atoms with van der Waals surface area (Å²) in [5, 5.41) is 16.4. The number of amides is 1. The number of aromatic nitrogens is 4. The SMILES string of the molecule is CCn1cc(C2=NOC(C(=O)Nc3nn(Cc4ccccc4Cl)cc3Br)C2)c(C)n1. The van der Waals surface area contributed by atoms with E-state index >= 15 is 0 Å². The lowest BCUT2D eigenvalue weighted by Gasteiger charge is -2.08. The van der Waals surface area contributed by atoms with Gasteiger partial charge in [0, 0.05) is 35.9 Å². The molecule has 3 heterocycles. The minimum atomic E-state index is -0.718. The van der Waals surface area contributed by atoms with Crippen molar-refractivity contribution < 1.29 is 9.63 Å². The van der Waals surface area contributed by atoms with Gasteiger partial charge in [-0.2, -0.15) is 10.2 Å². The summed E-state index contributed by atoms with van der Waals surface area (Å²) < 4.78 is 4.21. The largest absolute Gasteiger partial charge is 0.382 e. The summed E-state index contributed by atoms with van der Waals surface area (Å²) in [5.74, 6) is 0.108. The lowest BCUT2D eigenvalue weighted by molar-refractivity contribution is -0.125. The fourth-order valence-corrected chi connectivity index (χ4v) is 3.81. The normalized spacial score (nSPS) is 15.7. The summed E-state index contributed by atoms with van der Waals surface area (Å²) in [6, 6.07) is 7.57. The molecule has 0 spiro atoms. The molecule has 1 N–H and O–H groups in total. The van der Waals surface area contributed by atoms with Crippen LogP contribution in [0.5, 0.6) is 0 Å². The Morgan fingerprint density at radius 1 is 1.30 bits per heavy atom. The van der Waals surface area contributed by atoms with Crippen molar-refractivity contribution in [1.82, 2.24) is 19.6 Å². The van der Waals surface area contributed by atoms with E-state index < -0.39 is 6.10 Å². The number of carbonyl (C=O) groups excluding carboxylic acids is 1. The Kier molecular flexibility index (Phi) is 5.92. The summed E-state index contributed by atoms with van der Waals surface area (Å²) in [7, 11) is 0. The molecule has 1 amide bonds. The molecule has 4 rings (SSSR count). The Morgan fingerprint density at radius 2 is 2.10 bits per heavy atom. The molecular formula is C20H20BrClN6O2. The van der Waals surface area contributed by atoms with Crippen molar-refractivity contribution >= 4 is 45.0 Å². The van der Waals surface area contributed by atoms with Crippen molar-refractivity contribution in [2.75, 3.05) is 5.32 Å². The van der Waals surface area contributed by atoms with Crippen LogP contribution in [-0.4, -0.2) is 37.3 Å². The lowest BCUT2D eigenvalue weighted by Crippen LogP contribution is -2.28. The molecular weight excluding hydrogens is 472 g/mol. The molecule has 1 atom stereocenters. The van der Waals surface area contributed by atoms with Crippen LogP contribution in [0.1, 0.15) is 30.2 Å². The van der Waals surface area contributed by atoms with E-state index in [1.54, 1.807) is 10.9 Å². The number of halogens is 2. The first kappa shape index (κ1) is 20.6. The predicted octanol–water partition coefficient (Wildman–Crippen LogP) is 4.00. The summed E-state index contributed by atoms with van der Waals surface area (Å²) in [6.07, 6.45) is 3.37. The summed E-state index contributed by atoms with van der Waals surface area (Å²) in [4.78, 5) is 18.1. The molecule has 0 bridgehead atoms. The molecule has 156 valence electrons. The van der Waals surface area contributed by atoms with Gasteiger partial charge in [-0.25, -0.2) is 0 Å². The van der Waals surface area contributed by atoms with E-state index in [1.807, 2.05) is 49.0 Å². The van der Waals surface area contributed by atoms with E-state index in [4.69, 9.17) is 16.4 Å². The van der Waals surface area contributed by atoms with E-state index in [1.165, 1.54) is 0 Å². The number of rotatable bonds is 6. The zero-order valence-corrected chi connectivity index (χ0v) is 18.8. The third kappa shape index (κ3) is 4.27. The van der Waals surface area contributed by atoms with Gasteiger partial charge in [0.25, 0.3) is 5.91 Å². The fraction of sp³-hybridized carbons (Fsp3) is 0.300. The molecule has 0 fully saturated rings. The molecule has 3 aromatic rings. The van der Waals surface area contributed by atoms with Crippen molar-refractivity contribution in [2.45, 2.75) is 39.5 Å². The average molecular weight is 492 g/mol. The second-order valence-corrected chi connectivity index (χ2v) is 8.19. The van der Waals surface area contributed by atoms with Crippen LogP contribution < -0.4 is 5.32 Å². The first-order valence-corrected chi connectivity index (χ1v) is 10.7. The van der Waals surface area contributed by atoms with Crippen molar-refractivity contribution in [1.29, 1.82) is 0 Å². The van der Waals surface area contributed by atoms with Gasteiger partial charge < -0.3 is 10.2 Å². The van der Waals surface area contributed by atoms with Crippen LogP contribution in [0.25, 0.3) is 0 Å². The molecule has 2 aromatic heterocycles. The zero-order valence-electron chi connectivity index (χ0n) is 16.5. The molecule has 1 aliphatic rings. The number of nitrogens with one attached hydrogen (secondary N) is 1. The van der Waals surface area contributed by atoms with Gasteiger partial charge in [0.1, 0.15) is 0 Å². The Labute approximate surface area is 187 Å². The van der Waals surface area contributed by atoms with Crippen LogP contribution in [0.2, 0.25) is 5.02 Å². The Morgan fingerprint density at radius 3 is 2.83 bits per heavy atom. The highest BCUT2D eigenvalue weighted by Crippen LogP contribution is 2.25. The quantitative estimate of drug-likeness (QED) is 0.565. The third-order valence-corrected chi connectivity index (χ3v) is 5.74. The summed E-state index contributed by atoms with van der Waals surface area (Å²) >= 11 is 9.66. The number of benzene rings is 1. The maximum absolute atomic E-state index is 12.7. The molecule has 1 unspecified atom stereocenters. The van der Waals surface area contributed by atoms with E-state index in [0.717, 1.165) is 29.1 Å². The number of nitrogens with zero attached hydrogens (tertiary/aromatic N) is 5. The van der Waals surface area contributed by atoms with Crippen LogP contribution in [-0.2, 0) is 22.7 Å². The van der Waals surface area contributed by atoms with Gasteiger partial charge >= 0.3 is 0 Å². The molecule has 30 heavy (non-hydrogen) atoms. The molecule has 0 aliphatic carbocycles. The monoisotopic (exact) mass is 490 g/mol. The Hall–Kier alpha value is -2.65. The maximum atomic E-state index is 12.7. The fourth-order valence-electron chi connectivity index (χ4n) is 3.20. The van der Waals surface area contributed by atoms with Crippen molar-refractivity contribution in [2.24, 2.45) is 5.16 Å². The number of oxime groups is 1. The van der Waals surface area contributed by atoms with Gasteiger partial charge in [-0.15, -0.1) is 0 Å². The molecule has 1 aromatic carbocycles. The van der Waals surface area contributed by atoms with E-state index in [9.17, 15) is 4.79 Å². The smallest absolute Gasteiger partial charge is 0.269 e. The van der Waals surface area contributed by atoms with Crippen molar-refractivity contribution in [3.8, 4) is 0 Å².